The summed E-state index contributed by atoms with van der Waals surface area (Å²) in [7, 11) is -3.44. The first-order chi connectivity index (χ1) is 21.5. The number of alkyl halides is 4. The van der Waals surface area contributed by atoms with Crippen LogP contribution in [0.15, 0.2) is 58.4 Å². The van der Waals surface area contributed by atoms with Gasteiger partial charge in [0.25, 0.3) is 11.5 Å². The van der Waals surface area contributed by atoms with E-state index in [1.807, 2.05) is 0 Å². The fraction of sp³-hybridized carbons (Fsp3) is 0.576. The number of halogens is 4. The number of hydrogen-bond donors (Lipinski definition) is 1. The summed E-state index contributed by atoms with van der Waals surface area (Å²) in [4.78, 5) is 17.2. The van der Waals surface area contributed by atoms with Gasteiger partial charge in [-0.25, -0.2) is 22.8 Å². The van der Waals surface area contributed by atoms with E-state index in [1.54, 1.807) is 12.1 Å². The summed E-state index contributed by atoms with van der Waals surface area (Å²) >= 11 is 4.89. The van der Waals surface area contributed by atoms with Crippen LogP contribution in [0.2, 0.25) is 0 Å². The molecule has 1 N–H and O–H groups in total. The number of amidine groups is 1. The Labute approximate surface area is 270 Å². The predicted molar refractivity (Wildman–Crippen MR) is 174 cm³/mol. The van der Waals surface area contributed by atoms with E-state index in [2.05, 4.69) is 22.1 Å². The molecule has 1 heterocycles. The van der Waals surface area contributed by atoms with Crippen LogP contribution < -0.4 is 15.2 Å². The normalized spacial score (nSPS) is 15.4. The molecule has 0 aliphatic carbocycles. The van der Waals surface area contributed by atoms with Gasteiger partial charge in [-0.15, -0.1) is 0 Å². The van der Waals surface area contributed by atoms with Crippen LogP contribution in [0.25, 0.3) is 0 Å². The number of carbonyl (C=O) groups is 1. The van der Waals surface area contributed by atoms with E-state index in [0.29, 0.717) is 12.1 Å². The minimum Gasteiger partial charge on any atom is -0.427 e. The number of sulfone groups is 1. The molecule has 1 aliphatic heterocycles. The number of ether oxygens (including phenoxy) is 1. The molecular weight excluding hydrogens is 627 g/mol. The van der Waals surface area contributed by atoms with Crippen molar-refractivity contribution in [2.24, 2.45) is 4.99 Å². The highest BCUT2D eigenvalue weighted by Crippen LogP contribution is 2.36. The maximum Gasteiger partial charge on any atom is 0.444 e. The molecule has 12 heteroatoms. The molecule has 3 rings (SSSR count). The molecular formula is C33H45ClF3N3O4S. The van der Waals surface area contributed by atoms with Crippen LogP contribution in [0.3, 0.4) is 0 Å². The zero-order valence-electron chi connectivity index (χ0n) is 26.0. The van der Waals surface area contributed by atoms with E-state index in [9.17, 15) is 26.4 Å². The Morgan fingerprint density at radius 3 is 1.98 bits per heavy atom. The number of rotatable bonds is 21. The minimum atomic E-state index is -4.31. The van der Waals surface area contributed by atoms with Crippen molar-refractivity contribution in [3.05, 3.63) is 48.5 Å². The van der Waals surface area contributed by atoms with E-state index in [4.69, 9.17) is 11.6 Å². The third-order valence-corrected chi connectivity index (χ3v) is 9.71. The van der Waals surface area contributed by atoms with Crippen LogP contribution in [0.5, 0.6) is 5.75 Å². The second-order valence-electron chi connectivity index (χ2n) is 11.4. The van der Waals surface area contributed by atoms with Gasteiger partial charge >= 0.3 is 6.11 Å². The quantitative estimate of drug-likeness (QED) is 0.106. The highest BCUT2D eigenvalue weighted by molar-refractivity contribution is 7.91. The van der Waals surface area contributed by atoms with Crippen LogP contribution in [-0.4, -0.2) is 37.7 Å². The van der Waals surface area contributed by atoms with Gasteiger partial charge in [-0.05, 0) is 42.8 Å². The first kappa shape index (κ1) is 36.7. The molecule has 1 aliphatic rings. The van der Waals surface area contributed by atoms with Crippen LogP contribution in [0.1, 0.15) is 103 Å². The molecule has 2 aromatic carbocycles. The van der Waals surface area contributed by atoms with Gasteiger partial charge in [0.15, 0.2) is 15.6 Å². The van der Waals surface area contributed by atoms with Gasteiger partial charge in [0, 0.05) is 0 Å². The first-order valence-electron chi connectivity index (χ1n) is 16.0. The van der Waals surface area contributed by atoms with Crippen molar-refractivity contribution in [3.8, 4) is 5.75 Å². The molecule has 45 heavy (non-hydrogen) atoms. The Bertz CT molecular complexity index is 1340. The second kappa shape index (κ2) is 18.4. The van der Waals surface area contributed by atoms with Crippen molar-refractivity contribution < 1.29 is 31.1 Å². The number of carbonyl (C=O) groups excluding carboxylic acids is 1. The average Bonchev–Trinajstić information content (AvgIpc) is 3.36. The number of aliphatic imine (C=N–C) groups is 1. The Kier molecular flexibility index (Phi) is 15.0. The van der Waals surface area contributed by atoms with Gasteiger partial charge < -0.3 is 4.74 Å². The fourth-order valence-electron chi connectivity index (χ4n) is 5.12. The third kappa shape index (κ3) is 12.2. The lowest BCUT2D eigenvalue weighted by atomic mass is 10.0. The molecule has 1 atom stereocenters. The van der Waals surface area contributed by atoms with Gasteiger partial charge in [-0.3, -0.25) is 10.2 Å². The number of hydrazine groups is 1. The molecule has 0 saturated carbocycles. The monoisotopic (exact) mass is 671 g/mol. The Hall–Kier alpha value is -2.79. The van der Waals surface area contributed by atoms with Crippen molar-refractivity contribution in [1.29, 1.82) is 0 Å². The lowest BCUT2D eigenvalue weighted by Crippen LogP contribution is -2.38. The van der Waals surface area contributed by atoms with E-state index < -0.39 is 33.2 Å². The number of benzene rings is 2. The van der Waals surface area contributed by atoms with Crippen molar-refractivity contribution in [1.82, 2.24) is 5.43 Å². The van der Waals surface area contributed by atoms with E-state index in [-0.39, 0.29) is 28.6 Å². The van der Waals surface area contributed by atoms with Gasteiger partial charge in [0.2, 0.25) is 0 Å². The summed E-state index contributed by atoms with van der Waals surface area (Å²) in [5.74, 6) is -0.679. The largest absolute Gasteiger partial charge is 0.444 e. The van der Waals surface area contributed by atoms with Crippen LogP contribution in [0.4, 0.5) is 24.5 Å². The van der Waals surface area contributed by atoms with Gasteiger partial charge in [-0.2, -0.15) is 8.78 Å². The molecule has 1 saturated heterocycles. The predicted octanol–water partition coefficient (Wildman–Crippen LogP) is 9.42. The number of hydrogen-bond acceptors (Lipinski definition) is 5. The van der Waals surface area contributed by atoms with E-state index in [1.165, 1.54) is 94.5 Å². The first-order valence-corrected chi connectivity index (χ1v) is 18.1. The lowest BCUT2D eigenvalue weighted by Gasteiger charge is -2.23. The zero-order chi connectivity index (χ0) is 32.7. The molecule has 2 aromatic rings. The number of anilines is 1. The van der Waals surface area contributed by atoms with Crippen LogP contribution in [-0.2, 0) is 14.6 Å². The van der Waals surface area contributed by atoms with E-state index in [0.717, 1.165) is 30.3 Å². The topological polar surface area (TPSA) is 88.1 Å². The summed E-state index contributed by atoms with van der Waals surface area (Å²) < 4.78 is 70.7. The molecule has 0 radical (unpaired) electrons. The number of amides is 1. The van der Waals surface area contributed by atoms with Gasteiger partial charge in [0.05, 0.1) is 22.8 Å². The molecule has 0 unspecified atom stereocenters. The van der Waals surface area contributed by atoms with Crippen molar-refractivity contribution in [3.63, 3.8) is 0 Å². The highest BCUT2D eigenvalue weighted by Gasteiger charge is 2.43. The smallest absolute Gasteiger partial charge is 0.427 e. The summed E-state index contributed by atoms with van der Waals surface area (Å²) in [5.41, 5.74) is -0.0185. The summed E-state index contributed by atoms with van der Waals surface area (Å²) in [6, 6.07) is 11.4. The molecule has 0 aromatic heterocycles. The Morgan fingerprint density at radius 1 is 0.889 bits per heavy atom. The summed E-state index contributed by atoms with van der Waals surface area (Å²) in [5, 5.41) is 0.973. The van der Waals surface area contributed by atoms with Gasteiger partial charge in [0.1, 0.15) is 11.5 Å². The summed E-state index contributed by atoms with van der Waals surface area (Å²) in [6.45, 7) is 2.24. The average molecular weight is 672 g/mol. The lowest BCUT2D eigenvalue weighted by molar-refractivity contribution is -0.198. The number of unbranched alkanes of at least 4 members (excludes halogenated alkanes) is 13. The molecule has 7 nitrogen and oxygen atoms in total. The number of para-hydroxylation sites is 2. The van der Waals surface area contributed by atoms with Gasteiger partial charge in [-0.1, -0.05) is 114 Å². The van der Waals surface area contributed by atoms with Crippen LogP contribution in [0, 0.1) is 0 Å². The molecule has 0 bridgehead atoms. The fourth-order valence-corrected chi connectivity index (χ4v) is 6.54. The Morgan fingerprint density at radius 2 is 1.42 bits per heavy atom. The number of nitrogens with one attached hydrogen (secondary N) is 1. The van der Waals surface area contributed by atoms with Crippen molar-refractivity contribution in [2.75, 3.05) is 10.8 Å². The standard InChI is InChI=1S/C33H45ClF3N3O4S/c1-2-3-4-5-6-7-8-9-10-11-12-13-14-17-24-45(42,43)27-22-20-26(21-23-27)38-30-25-31(41)40(39-30)28-18-15-16-19-29(28)44-33(36,37)32(34)35/h15-16,18-23,32H,2-14,17,24-25H2,1H3,(H,38,39)/t32-/m1/s1. The minimum absolute atomic E-state index is 0.0744. The second-order valence-corrected chi connectivity index (χ2v) is 13.9. The molecule has 1 fully saturated rings. The summed E-state index contributed by atoms with van der Waals surface area (Å²) in [6.07, 6.45) is 12.3. The highest BCUT2D eigenvalue weighted by atomic mass is 35.5. The molecule has 250 valence electrons. The third-order valence-electron chi connectivity index (χ3n) is 7.64. The molecule has 0 spiro atoms. The number of nitrogens with zero attached hydrogens (tertiary/aromatic N) is 2. The SMILES string of the molecule is CCCCCCCCCCCCCCCCS(=O)(=O)c1ccc(N=C2CC(=O)N(c3ccccc3OC(F)(F)[C@@H](F)Cl)N2)cc1. The molecule has 1 amide bonds. The maximum atomic E-state index is 13.8. The van der Waals surface area contributed by atoms with Crippen molar-refractivity contribution in [2.45, 2.75) is 120 Å². The van der Waals surface area contributed by atoms with E-state index >= 15 is 0 Å². The Balaban J connectivity index is 1.42. The van der Waals surface area contributed by atoms with Crippen molar-refractivity contribution >= 4 is 44.6 Å². The zero-order valence-corrected chi connectivity index (χ0v) is 27.5. The maximum absolute atomic E-state index is 13.8. The van der Waals surface area contributed by atoms with Crippen LogP contribution >= 0.6 is 11.6 Å².